The number of carbonyl (C=O) groups is 1. The van der Waals surface area contributed by atoms with Gasteiger partial charge in [-0.05, 0) is 30.7 Å². The second-order valence-corrected chi connectivity index (χ2v) is 6.26. The number of nitrogens with one attached hydrogen (secondary N) is 1. The number of benzene rings is 1. The Morgan fingerprint density at radius 1 is 1.31 bits per heavy atom. The summed E-state index contributed by atoms with van der Waals surface area (Å²) >= 11 is 0. The van der Waals surface area contributed by atoms with Crippen molar-refractivity contribution in [3.8, 4) is 5.75 Å². The van der Waals surface area contributed by atoms with E-state index in [0.29, 0.717) is 30.6 Å². The van der Waals surface area contributed by atoms with Gasteiger partial charge in [-0.15, -0.1) is 0 Å². The number of amides is 1. The predicted molar refractivity (Wildman–Crippen MR) is 93.8 cm³/mol. The molecule has 134 valence electrons. The van der Waals surface area contributed by atoms with E-state index in [-0.39, 0.29) is 18.2 Å². The Balaban J connectivity index is 1.33. The molecule has 1 unspecified atom stereocenters. The average molecular weight is 353 g/mol. The Bertz CT molecular complexity index is 902. The number of carbonyl (C=O) groups excluding carboxylic acids is 1. The molecule has 7 heteroatoms. The second-order valence-electron chi connectivity index (χ2n) is 6.26. The van der Waals surface area contributed by atoms with Gasteiger partial charge in [0.25, 0.3) is 5.91 Å². The van der Waals surface area contributed by atoms with Crippen LogP contribution in [0, 0.1) is 5.92 Å². The van der Waals surface area contributed by atoms with Crippen LogP contribution in [0.3, 0.4) is 0 Å². The average Bonchev–Trinajstić information content (AvgIpc) is 3.36. The third-order valence-electron chi connectivity index (χ3n) is 4.32. The van der Waals surface area contributed by atoms with E-state index in [1.54, 1.807) is 12.3 Å². The highest BCUT2D eigenvalue weighted by Crippen LogP contribution is 2.20. The first-order valence-electron chi connectivity index (χ1n) is 8.57. The van der Waals surface area contributed by atoms with Crippen LogP contribution < -0.4 is 10.1 Å². The number of fused-ring (bicyclic) bond motifs is 1. The number of pyridine rings is 1. The molecule has 26 heavy (non-hydrogen) atoms. The van der Waals surface area contributed by atoms with E-state index in [4.69, 9.17) is 14.0 Å². The molecule has 0 aliphatic carbocycles. The number of hydrogen-bond donors (Lipinski definition) is 1. The van der Waals surface area contributed by atoms with Crippen LogP contribution in [0.15, 0.2) is 47.1 Å². The molecule has 3 heterocycles. The Morgan fingerprint density at radius 2 is 2.27 bits per heavy atom. The minimum absolute atomic E-state index is 0.197. The van der Waals surface area contributed by atoms with Gasteiger partial charge in [0.1, 0.15) is 12.4 Å². The van der Waals surface area contributed by atoms with E-state index < -0.39 is 0 Å². The van der Waals surface area contributed by atoms with Crippen LogP contribution in [0.4, 0.5) is 0 Å². The van der Waals surface area contributed by atoms with Gasteiger partial charge in [-0.25, -0.2) is 0 Å². The number of hydrogen-bond acceptors (Lipinski definition) is 6. The van der Waals surface area contributed by atoms with E-state index >= 15 is 0 Å². The largest absolute Gasteiger partial charge is 0.486 e. The fourth-order valence-corrected chi connectivity index (χ4v) is 2.86. The van der Waals surface area contributed by atoms with Crippen molar-refractivity contribution in [2.45, 2.75) is 13.0 Å². The molecule has 3 aromatic rings. The van der Waals surface area contributed by atoms with Crippen LogP contribution in [0.25, 0.3) is 10.9 Å². The molecule has 1 atom stereocenters. The number of aromatic nitrogens is 2. The van der Waals surface area contributed by atoms with Crippen LogP contribution in [0.1, 0.15) is 22.7 Å². The summed E-state index contributed by atoms with van der Waals surface area (Å²) in [7, 11) is 0. The zero-order chi connectivity index (χ0) is 17.8. The molecule has 0 saturated carbocycles. The van der Waals surface area contributed by atoms with E-state index in [1.807, 2.05) is 30.3 Å². The van der Waals surface area contributed by atoms with Crippen molar-refractivity contribution in [2.24, 2.45) is 5.92 Å². The van der Waals surface area contributed by atoms with Crippen LogP contribution in [-0.2, 0) is 11.3 Å². The fraction of sp³-hybridized carbons (Fsp3) is 0.316. The third-order valence-corrected chi connectivity index (χ3v) is 4.32. The monoisotopic (exact) mass is 353 g/mol. The lowest BCUT2D eigenvalue weighted by atomic mass is 10.1. The van der Waals surface area contributed by atoms with Gasteiger partial charge in [0.15, 0.2) is 11.5 Å². The molecule has 1 saturated heterocycles. The van der Waals surface area contributed by atoms with Crippen LogP contribution in [-0.4, -0.2) is 35.8 Å². The summed E-state index contributed by atoms with van der Waals surface area (Å²) in [6, 6.07) is 11.1. The highest BCUT2D eigenvalue weighted by molar-refractivity contribution is 5.92. The minimum Gasteiger partial charge on any atom is -0.486 e. The van der Waals surface area contributed by atoms with Gasteiger partial charge in [-0.1, -0.05) is 11.2 Å². The lowest BCUT2D eigenvalue weighted by Crippen LogP contribution is -2.29. The summed E-state index contributed by atoms with van der Waals surface area (Å²) in [6.45, 7) is 2.24. The van der Waals surface area contributed by atoms with E-state index in [1.165, 1.54) is 0 Å². The molecule has 1 fully saturated rings. The molecule has 4 rings (SSSR count). The molecule has 0 bridgehead atoms. The summed E-state index contributed by atoms with van der Waals surface area (Å²) in [4.78, 5) is 16.4. The SMILES string of the molecule is O=C(NCC1CCOC1)c1cc(COc2ccc3ncccc3c2)on1. The molecule has 1 aliphatic heterocycles. The van der Waals surface area contributed by atoms with Gasteiger partial charge in [0, 0.05) is 36.7 Å². The van der Waals surface area contributed by atoms with Gasteiger partial charge in [-0.3, -0.25) is 9.78 Å². The lowest BCUT2D eigenvalue weighted by Gasteiger charge is -2.07. The molecule has 1 aromatic carbocycles. The normalized spacial score (nSPS) is 16.7. The zero-order valence-electron chi connectivity index (χ0n) is 14.2. The first-order chi connectivity index (χ1) is 12.8. The van der Waals surface area contributed by atoms with Crippen molar-refractivity contribution in [3.63, 3.8) is 0 Å². The Hall–Kier alpha value is -2.93. The molecule has 7 nitrogen and oxygen atoms in total. The molecular weight excluding hydrogens is 334 g/mol. The molecule has 0 spiro atoms. The summed E-state index contributed by atoms with van der Waals surface area (Å²) in [5.74, 6) is 1.32. The van der Waals surface area contributed by atoms with Crippen molar-refractivity contribution in [2.75, 3.05) is 19.8 Å². The smallest absolute Gasteiger partial charge is 0.273 e. The summed E-state index contributed by atoms with van der Waals surface area (Å²) in [6.07, 6.45) is 2.73. The van der Waals surface area contributed by atoms with Crippen molar-refractivity contribution in [1.82, 2.24) is 15.5 Å². The predicted octanol–water partition coefficient (Wildman–Crippen LogP) is 2.57. The molecule has 1 aliphatic rings. The van der Waals surface area contributed by atoms with Gasteiger partial charge >= 0.3 is 0 Å². The fourth-order valence-electron chi connectivity index (χ4n) is 2.86. The van der Waals surface area contributed by atoms with Gasteiger partial charge in [0.05, 0.1) is 12.1 Å². The topological polar surface area (TPSA) is 86.5 Å². The Morgan fingerprint density at radius 3 is 3.15 bits per heavy atom. The van der Waals surface area contributed by atoms with E-state index in [2.05, 4.69) is 15.5 Å². The number of ether oxygens (including phenoxy) is 2. The molecular formula is C19H19N3O4. The summed E-state index contributed by atoms with van der Waals surface area (Å²) < 4.78 is 16.2. The maximum absolute atomic E-state index is 12.1. The zero-order valence-corrected chi connectivity index (χ0v) is 14.2. The van der Waals surface area contributed by atoms with Crippen LogP contribution >= 0.6 is 0 Å². The Labute approximate surface area is 150 Å². The molecule has 2 aromatic heterocycles. The second kappa shape index (κ2) is 7.53. The minimum atomic E-state index is -0.247. The molecule has 0 radical (unpaired) electrons. The van der Waals surface area contributed by atoms with E-state index in [9.17, 15) is 4.79 Å². The van der Waals surface area contributed by atoms with Crippen molar-refractivity contribution in [1.29, 1.82) is 0 Å². The van der Waals surface area contributed by atoms with Crippen LogP contribution in [0.2, 0.25) is 0 Å². The van der Waals surface area contributed by atoms with Gasteiger partial charge < -0.3 is 19.3 Å². The number of rotatable bonds is 6. The summed E-state index contributed by atoms with van der Waals surface area (Å²) in [5, 5.41) is 7.67. The number of nitrogens with zero attached hydrogens (tertiary/aromatic N) is 2. The maximum Gasteiger partial charge on any atom is 0.273 e. The highest BCUT2D eigenvalue weighted by atomic mass is 16.5. The first kappa shape index (κ1) is 16.5. The van der Waals surface area contributed by atoms with Crippen molar-refractivity contribution < 1.29 is 18.8 Å². The van der Waals surface area contributed by atoms with Gasteiger partial charge in [-0.2, -0.15) is 0 Å². The standard InChI is InChI=1S/C19H19N3O4/c23-19(21-10-13-5-7-24-11-13)18-9-16(26-22-18)12-25-15-3-4-17-14(8-15)2-1-6-20-17/h1-4,6,8-9,13H,5,7,10-12H2,(H,21,23). The van der Waals surface area contributed by atoms with Crippen molar-refractivity contribution >= 4 is 16.8 Å². The Kier molecular flexibility index (Phi) is 4.79. The van der Waals surface area contributed by atoms with Crippen molar-refractivity contribution in [3.05, 3.63) is 54.0 Å². The lowest BCUT2D eigenvalue weighted by molar-refractivity contribution is 0.0935. The van der Waals surface area contributed by atoms with Crippen LogP contribution in [0.5, 0.6) is 5.75 Å². The molecule has 1 amide bonds. The quantitative estimate of drug-likeness (QED) is 0.733. The first-order valence-corrected chi connectivity index (χ1v) is 8.57. The maximum atomic E-state index is 12.1. The summed E-state index contributed by atoms with van der Waals surface area (Å²) in [5.41, 5.74) is 1.16. The van der Waals surface area contributed by atoms with Gasteiger partial charge in [0.2, 0.25) is 0 Å². The highest BCUT2D eigenvalue weighted by Gasteiger charge is 2.18. The molecule has 1 N–H and O–H groups in total. The third kappa shape index (κ3) is 3.83. The van der Waals surface area contributed by atoms with E-state index in [0.717, 1.165) is 23.9 Å².